The number of aliphatic hydroxyl groups excluding tert-OH is 1. The Hall–Kier alpha value is -2.06. The van der Waals surface area contributed by atoms with Gasteiger partial charge in [0, 0.05) is 10.9 Å². The zero-order valence-electron chi connectivity index (χ0n) is 14.0. The highest BCUT2D eigenvalue weighted by atomic mass is 79.9. The van der Waals surface area contributed by atoms with Crippen LogP contribution < -0.4 is 4.72 Å². The van der Waals surface area contributed by atoms with Crippen molar-refractivity contribution >= 4 is 42.5 Å². The lowest BCUT2D eigenvalue weighted by molar-refractivity contribution is -0.131. The van der Waals surface area contributed by atoms with Crippen molar-refractivity contribution in [1.82, 2.24) is 4.72 Å². The second-order valence-corrected chi connectivity index (χ2v) is 8.77. The number of fused-ring (bicyclic) bond motifs is 1. The Kier molecular flexibility index (Phi) is 4.98. The third kappa shape index (κ3) is 3.31. The van der Waals surface area contributed by atoms with Gasteiger partial charge in [0.05, 0.1) is 5.75 Å². The summed E-state index contributed by atoms with van der Waals surface area (Å²) < 4.78 is 32.0. The van der Waals surface area contributed by atoms with Gasteiger partial charge in [-0.05, 0) is 24.1 Å². The number of ether oxygens (including phenoxy) is 1. The summed E-state index contributed by atoms with van der Waals surface area (Å²) in [5, 5.41) is 12.4. The fourth-order valence-corrected chi connectivity index (χ4v) is 4.65. The van der Waals surface area contributed by atoms with E-state index < -0.39 is 33.0 Å². The molecule has 1 aliphatic rings. The predicted molar refractivity (Wildman–Crippen MR) is 102 cm³/mol. The molecule has 1 atom stereocenters. The van der Waals surface area contributed by atoms with Crippen molar-refractivity contribution in [2.45, 2.75) is 18.9 Å². The zero-order valence-corrected chi connectivity index (χ0v) is 16.4. The molecule has 1 heterocycles. The molecule has 2 aromatic carbocycles. The topological polar surface area (TPSA) is 92.7 Å². The van der Waals surface area contributed by atoms with Gasteiger partial charge >= 0.3 is 0 Å². The summed E-state index contributed by atoms with van der Waals surface area (Å²) in [6.45, 7) is 1.52. The van der Waals surface area contributed by atoms with Gasteiger partial charge in [-0.1, -0.05) is 58.4 Å². The maximum absolute atomic E-state index is 12.7. The standard InChI is InChI=1S/C18H18BrNO5S/c1-18(14-9-4-7-12-6-2-3-8-13(12)14)16(22)15(21)17(25-18)20-26(23,24)11-5-10-19/h2-4,6-9,20-21H,5,10-11H2,1H3. The molecular formula is C18H18BrNO5S. The van der Waals surface area contributed by atoms with Crippen LogP contribution in [0.15, 0.2) is 54.1 Å². The fourth-order valence-electron chi connectivity index (χ4n) is 2.95. The molecule has 1 unspecified atom stereocenters. The normalized spacial score (nSPS) is 20.5. The quantitative estimate of drug-likeness (QED) is 0.674. The number of ketones is 1. The monoisotopic (exact) mass is 439 g/mol. The average Bonchev–Trinajstić information content (AvgIpc) is 2.84. The Morgan fingerprint density at radius 2 is 1.88 bits per heavy atom. The van der Waals surface area contributed by atoms with Crippen LogP contribution in [0, 0.1) is 0 Å². The molecule has 0 radical (unpaired) electrons. The van der Waals surface area contributed by atoms with Crippen molar-refractivity contribution in [2.75, 3.05) is 11.1 Å². The number of benzene rings is 2. The van der Waals surface area contributed by atoms with Gasteiger partial charge in [0.25, 0.3) is 5.78 Å². The number of carbonyl (C=O) groups is 1. The van der Waals surface area contributed by atoms with E-state index in [-0.39, 0.29) is 5.75 Å². The predicted octanol–water partition coefficient (Wildman–Crippen LogP) is 3.09. The highest BCUT2D eigenvalue weighted by Crippen LogP contribution is 2.40. The second-order valence-electron chi connectivity index (χ2n) is 6.13. The molecular weight excluding hydrogens is 422 g/mol. The molecule has 3 rings (SSSR count). The van der Waals surface area contributed by atoms with Crippen LogP contribution >= 0.6 is 15.9 Å². The number of carbonyl (C=O) groups excluding carboxylic acids is 1. The van der Waals surface area contributed by atoms with E-state index in [1.807, 2.05) is 30.3 Å². The summed E-state index contributed by atoms with van der Waals surface area (Å²) in [4.78, 5) is 12.7. The van der Waals surface area contributed by atoms with Crippen LogP contribution in [0.3, 0.4) is 0 Å². The summed E-state index contributed by atoms with van der Waals surface area (Å²) in [6.07, 6.45) is 0.387. The summed E-state index contributed by atoms with van der Waals surface area (Å²) in [5.41, 5.74) is -0.958. The van der Waals surface area contributed by atoms with Crippen molar-refractivity contribution in [3.05, 3.63) is 59.7 Å². The van der Waals surface area contributed by atoms with E-state index in [2.05, 4.69) is 20.7 Å². The highest BCUT2D eigenvalue weighted by molar-refractivity contribution is 9.09. The average molecular weight is 440 g/mol. The van der Waals surface area contributed by atoms with Gasteiger partial charge < -0.3 is 9.84 Å². The minimum atomic E-state index is -3.73. The Morgan fingerprint density at radius 3 is 2.62 bits per heavy atom. The van der Waals surface area contributed by atoms with Gasteiger partial charge in [-0.3, -0.25) is 9.52 Å². The lowest BCUT2D eigenvalue weighted by atomic mass is 9.88. The number of nitrogens with one attached hydrogen (secondary N) is 1. The molecule has 26 heavy (non-hydrogen) atoms. The molecule has 1 aliphatic heterocycles. The van der Waals surface area contributed by atoms with Crippen molar-refractivity contribution in [2.24, 2.45) is 0 Å². The minimum absolute atomic E-state index is 0.155. The number of rotatable bonds is 6. The van der Waals surface area contributed by atoms with Crippen LogP contribution in [0.1, 0.15) is 18.9 Å². The number of Topliss-reactive ketones (excluding diaryl/α,β-unsaturated/α-hetero) is 1. The fraction of sp³-hybridized carbons (Fsp3) is 0.278. The molecule has 6 nitrogen and oxygen atoms in total. The Balaban J connectivity index is 1.97. The summed E-state index contributed by atoms with van der Waals surface area (Å²) >= 11 is 3.17. The number of alkyl halides is 1. The maximum Gasteiger partial charge on any atom is 0.250 e. The molecule has 0 aromatic heterocycles. The Morgan fingerprint density at radius 1 is 1.19 bits per heavy atom. The molecule has 0 aliphatic carbocycles. The number of halogens is 1. The number of hydrogen-bond acceptors (Lipinski definition) is 5. The lowest BCUT2D eigenvalue weighted by Crippen LogP contribution is -2.33. The second kappa shape index (κ2) is 6.92. The van der Waals surface area contributed by atoms with Crippen molar-refractivity contribution in [3.8, 4) is 0 Å². The van der Waals surface area contributed by atoms with E-state index in [1.54, 1.807) is 12.1 Å². The van der Waals surface area contributed by atoms with Crippen LogP contribution in [0.2, 0.25) is 0 Å². The van der Waals surface area contributed by atoms with Crippen LogP contribution in [0.5, 0.6) is 0 Å². The van der Waals surface area contributed by atoms with Gasteiger partial charge in [0.1, 0.15) is 0 Å². The molecule has 2 N–H and O–H groups in total. The molecule has 138 valence electrons. The first-order valence-electron chi connectivity index (χ1n) is 8.00. The SMILES string of the molecule is CC1(c2cccc3ccccc23)OC(NS(=O)(=O)CCCBr)=C(O)C1=O. The minimum Gasteiger partial charge on any atom is -0.501 e. The van der Waals surface area contributed by atoms with E-state index in [1.165, 1.54) is 6.92 Å². The molecule has 0 fully saturated rings. The van der Waals surface area contributed by atoms with Gasteiger partial charge in [0.2, 0.25) is 21.7 Å². The van der Waals surface area contributed by atoms with Gasteiger partial charge in [-0.25, -0.2) is 8.42 Å². The van der Waals surface area contributed by atoms with Gasteiger partial charge in [-0.15, -0.1) is 0 Å². The Bertz CT molecular complexity index is 996. The highest BCUT2D eigenvalue weighted by Gasteiger charge is 2.49. The van der Waals surface area contributed by atoms with Crippen LogP contribution in [0.25, 0.3) is 10.8 Å². The smallest absolute Gasteiger partial charge is 0.250 e. The molecule has 0 saturated carbocycles. The lowest BCUT2D eigenvalue weighted by Gasteiger charge is -2.25. The Labute approximate surface area is 160 Å². The number of hydrogen-bond donors (Lipinski definition) is 2. The molecule has 0 bridgehead atoms. The molecule has 0 saturated heterocycles. The van der Waals surface area contributed by atoms with E-state index in [9.17, 15) is 18.3 Å². The zero-order chi connectivity index (χ0) is 18.9. The van der Waals surface area contributed by atoms with Gasteiger partial charge in [-0.2, -0.15) is 0 Å². The van der Waals surface area contributed by atoms with Crippen LogP contribution in [0.4, 0.5) is 0 Å². The first kappa shape index (κ1) is 18.7. The van der Waals surface area contributed by atoms with Crippen LogP contribution in [-0.2, 0) is 25.2 Å². The third-order valence-electron chi connectivity index (χ3n) is 4.27. The first-order chi connectivity index (χ1) is 12.3. The van der Waals surface area contributed by atoms with E-state index >= 15 is 0 Å². The molecule has 8 heteroatoms. The maximum atomic E-state index is 12.7. The van der Waals surface area contributed by atoms with Crippen molar-refractivity contribution in [3.63, 3.8) is 0 Å². The van der Waals surface area contributed by atoms with E-state index in [4.69, 9.17) is 4.74 Å². The van der Waals surface area contributed by atoms with Crippen molar-refractivity contribution in [1.29, 1.82) is 0 Å². The number of sulfonamides is 1. The third-order valence-corrected chi connectivity index (χ3v) is 6.15. The summed E-state index contributed by atoms with van der Waals surface area (Å²) in [6, 6.07) is 12.9. The van der Waals surface area contributed by atoms with E-state index in [0.717, 1.165) is 10.8 Å². The molecule has 2 aromatic rings. The van der Waals surface area contributed by atoms with Gasteiger partial charge in [0.15, 0.2) is 5.60 Å². The molecule has 0 spiro atoms. The summed E-state index contributed by atoms with van der Waals surface area (Å²) in [7, 11) is -3.73. The first-order valence-corrected chi connectivity index (χ1v) is 10.8. The van der Waals surface area contributed by atoms with E-state index in [0.29, 0.717) is 17.3 Å². The van der Waals surface area contributed by atoms with Crippen LogP contribution in [-0.4, -0.2) is 30.4 Å². The largest absolute Gasteiger partial charge is 0.501 e. The number of aliphatic hydroxyl groups is 1. The molecule has 0 amide bonds. The summed E-state index contributed by atoms with van der Waals surface area (Å²) in [5.74, 6) is -1.99. The van der Waals surface area contributed by atoms with Crippen molar-refractivity contribution < 1.29 is 23.1 Å².